The molecule has 3 aromatic rings. The maximum absolute atomic E-state index is 12.5. The number of benzene rings is 3. The first-order valence-electron chi connectivity index (χ1n) is 8.78. The van der Waals surface area contributed by atoms with E-state index < -0.39 is 0 Å². The molecule has 2 nitrogen and oxygen atoms in total. The van der Waals surface area contributed by atoms with Crippen LogP contribution in [0.4, 0.5) is 0 Å². The molecule has 1 N–H and O–H groups in total. The first-order chi connectivity index (χ1) is 12.6. The molecular formula is C24H23NO. The molecule has 1 atom stereocenters. The number of hydrogen-bond acceptors (Lipinski definition) is 1. The minimum atomic E-state index is -0.174. The third kappa shape index (κ3) is 4.70. The molecule has 0 spiro atoms. The van der Waals surface area contributed by atoms with Crippen molar-refractivity contribution in [3.8, 4) is 0 Å². The predicted octanol–water partition coefficient (Wildman–Crippen LogP) is 5.22. The van der Waals surface area contributed by atoms with E-state index >= 15 is 0 Å². The summed E-state index contributed by atoms with van der Waals surface area (Å²) in [5, 5.41) is 3.12. The van der Waals surface area contributed by atoms with Gasteiger partial charge in [0.15, 0.2) is 0 Å². The van der Waals surface area contributed by atoms with Crippen molar-refractivity contribution < 1.29 is 4.79 Å². The molecule has 0 heterocycles. The van der Waals surface area contributed by atoms with Gasteiger partial charge in [-0.25, -0.2) is 0 Å². The SMILES string of the molecule is Cc1ccc(/C=C/C(=O)N[C@@H](c2ccccc2)c2ccc(C)cc2)cc1. The lowest BCUT2D eigenvalue weighted by atomic mass is 9.98. The highest BCUT2D eigenvalue weighted by Crippen LogP contribution is 2.22. The molecular weight excluding hydrogens is 318 g/mol. The summed E-state index contributed by atoms with van der Waals surface area (Å²) in [5.74, 6) is -0.111. The van der Waals surface area contributed by atoms with E-state index in [1.807, 2.05) is 67.6 Å². The molecule has 0 aliphatic carbocycles. The summed E-state index contributed by atoms with van der Waals surface area (Å²) < 4.78 is 0. The van der Waals surface area contributed by atoms with Crippen LogP contribution in [0.5, 0.6) is 0 Å². The van der Waals surface area contributed by atoms with Gasteiger partial charge in [0.2, 0.25) is 5.91 Å². The van der Waals surface area contributed by atoms with Crippen LogP contribution in [0.2, 0.25) is 0 Å². The lowest BCUT2D eigenvalue weighted by Gasteiger charge is -2.19. The number of nitrogens with one attached hydrogen (secondary N) is 1. The van der Waals surface area contributed by atoms with Crippen LogP contribution in [0.25, 0.3) is 6.08 Å². The van der Waals surface area contributed by atoms with E-state index in [2.05, 4.69) is 36.5 Å². The van der Waals surface area contributed by atoms with Gasteiger partial charge in [-0.15, -0.1) is 0 Å². The maximum atomic E-state index is 12.5. The van der Waals surface area contributed by atoms with Crippen LogP contribution in [0.3, 0.4) is 0 Å². The van der Waals surface area contributed by atoms with Gasteiger partial charge < -0.3 is 5.32 Å². The van der Waals surface area contributed by atoms with Gasteiger partial charge in [0, 0.05) is 6.08 Å². The summed E-state index contributed by atoms with van der Waals surface area (Å²) in [6.07, 6.45) is 3.43. The molecule has 0 saturated heterocycles. The number of amides is 1. The maximum Gasteiger partial charge on any atom is 0.244 e. The first-order valence-corrected chi connectivity index (χ1v) is 8.78. The van der Waals surface area contributed by atoms with E-state index in [1.54, 1.807) is 6.08 Å². The summed E-state index contributed by atoms with van der Waals surface area (Å²) in [5.41, 5.74) is 5.55. The fourth-order valence-corrected chi connectivity index (χ4v) is 2.80. The van der Waals surface area contributed by atoms with Crippen molar-refractivity contribution >= 4 is 12.0 Å². The quantitative estimate of drug-likeness (QED) is 0.633. The fraction of sp³-hybridized carbons (Fsp3) is 0.125. The van der Waals surface area contributed by atoms with E-state index in [0.717, 1.165) is 16.7 Å². The predicted molar refractivity (Wildman–Crippen MR) is 108 cm³/mol. The molecule has 0 unspecified atom stereocenters. The molecule has 3 rings (SSSR count). The highest BCUT2D eigenvalue weighted by atomic mass is 16.1. The minimum Gasteiger partial charge on any atom is -0.342 e. The lowest BCUT2D eigenvalue weighted by molar-refractivity contribution is -0.116. The zero-order chi connectivity index (χ0) is 18.4. The van der Waals surface area contributed by atoms with Gasteiger partial charge in [-0.3, -0.25) is 4.79 Å². The van der Waals surface area contributed by atoms with Crippen LogP contribution in [-0.4, -0.2) is 5.91 Å². The molecule has 0 saturated carbocycles. The van der Waals surface area contributed by atoms with E-state index in [-0.39, 0.29) is 11.9 Å². The van der Waals surface area contributed by atoms with Crippen molar-refractivity contribution in [1.82, 2.24) is 5.32 Å². The Labute approximate surface area is 155 Å². The monoisotopic (exact) mass is 341 g/mol. The van der Waals surface area contributed by atoms with Crippen LogP contribution in [0, 0.1) is 13.8 Å². The summed E-state index contributed by atoms with van der Waals surface area (Å²) in [7, 11) is 0. The number of hydrogen-bond donors (Lipinski definition) is 1. The van der Waals surface area contributed by atoms with Gasteiger partial charge >= 0.3 is 0 Å². The van der Waals surface area contributed by atoms with Crippen LogP contribution in [0.15, 0.2) is 84.9 Å². The molecule has 0 fully saturated rings. The van der Waals surface area contributed by atoms with Gasteiger partial charge in [0.05, 0.1) is 6.04 Å². The standard InChI is InChI=1S/C24H23NO/c1-18-8-12-20(13-9-18)14-17-23(26)25-24(21-6-4-3-5-7-21)22-15-10-19(2)11-16-22/h3-17,24H,1-2H3,(H,25,26)/b17-14+/t24-/m0/s1. The third-order valence-corrected chi connectivity index (χ3v) is 4.33. The van der Waals surface area contributed by atoms with Crippen LogP contribution in [-0.2, 0) is 4.79 Å². The number of aryl methyl sites for hydroxylation is 2. The molecule has 3 aromatic carbocycles. The molecule has 1 amide bonds. The van der Waals surface area contributed by atoms with E-state index in [4.69, 9.17) is 0 Å². The third-order valence-electron chi connectivity index (χ3n) is 4.33. The van der Waals surface area contributed by atoms with Gasteiger partial charge in [-0.2, -0.15) is 0 Å². The molecule has 2 heteroatoms. The second-order valence-electron chi connectivity index (χ2n) is 6.51. The largest absolute Gasteiger partial charge is 0.342 e. The smallest absolute Gasteiger partial charge is 0.244 e. The molecule has 0 aliphatic heterocycles. The van der Waals surface area contributed by atoms with E-state index in [9.17, 15) is 4.79 Å². The Bertz CT molecular complexity index is 878. The Balaban J connectivity index is 1.80. The van der Waals surface area contributed by atoms with E-state index in [0.29, 0.717) is 0 Å². The Morgan fingerprint density at radius 2 is 1.31 bits per heavy atom. The second-order valence-corrected chi connectivity index (χ2v) is 6.51. The highest BCUT2D eigenvalue weighted by Gasteiger charge is 2.15. The minimum absolute atomic E-state index is 0.111. The molecule has 0 aliphatic rings. The summed E-state index contributed by atoms with van der Waals surface area (Å²) in [4.78, 5) is 12.5. The fourth-order valence-electron chi connectivity index (χ4n) is 2.80. The molecule has 26 heavy (non-hydrogen) atoms. The zero-order valence-corrected chi connectivity index (χ0v) is 15.1. The Kier molecular flexibility index (Phi) is 5.65. The number of rotatable bonds is 5. The summed E-state index contributed by atoms with van der Waals surface area (Å²) >= 11 is 0. The first kappa shape index (κ1) is 17.7. The Morgan fingerprint density at radius 3 is 1.92 bits per heavy atom. The average Bonchev–Trinajstić information content (AvgIpc) is 2.67. The Morgan fingerprint density at radius 1 is 0.769 bits per heavy atom. The van der Waals surface area contributed by atoms with Gasteiger partial charge in [-0.1, -0.05) is 90.0 Å². The average molecular weight is 341 g/mol. The van der Waals surface area contributed by atoms with Gasteiger partial charge in [0.25, 0.3) is 0 Å². The van der Waals surface area contributed by atoms with Gasteiger partial charge in [0.1, 0.15) is 0 Å². The van der Waals surface area contributed by atoms with Crippen molar-refractivity contribution in [2.24, 2.45) is 0 Å². The molecule has 0 aromatic heterocycles. The van der Waals surface area contributed by atoms with Crippen molar-refractivity contribution in [2.75, 3.05) is 0 Å². The normalized spacial score (nSPS) is 12.1. The van der Waals surface area contributed by atoms with Crippen LogP contribution < -0.4 is 5.32 Å². The second kappa shape index (κ2) is 8.30. The molecule has 0 radical (unpaired) electrons. The lowest BCUT2D eigenvalue weighted by Crippen LogP contribution is -2.27. The number of carbonyl (C=O) groups excluding carboxylic acids is 1. The zero-order valence-electron chi connectivity index (χ0n) is 15.1. The Hall–Kier alpha value is -3.13. The molecule has 130 valence electrons. The summed E-state index contributed by atoms with van der Waals surface area (Å²) in [6, 6.07) is 26.2. The number of carbonyl (C=O) groups is 1. The van der Waals surface area contributed by atoms with E-state index in [1.165, 1.54) is 11.1 Å². The van der Waals surface area contributed by atoms with Crippen molar-refractivity contribution in [3.63, 3.8) is 0 Å². The van der Waals surface area contributed by atoms with Crippen molar-refractivity contribution in [1.29, 1.82) is 0 Å². The van der Waals surface area contributed by atoms with Crippen molar-refractivity contribution in [2.45, 2.75) is 19.9 Å². The highest BCUT2D eigenvalue weighted by molar-refractivity contribution is 5.92. The van der Waals surface area contributed by atoms with Crippen molar-refractivity contribution in [3.05, 3.63) is 113 Å². The van der Waals surface area contributed by atoms with Crippen LogP contribution >= 0.6 is 0 Å². The topological polar surface area (TPSA) is 29.1 Å². The van der Waals surface area contributed by atoms with Gasteiger partial charge in [-0.05, 0) is 36.6 Å². The molecule has 0 bridgehead atoms. The summed E-state index contributed by atoms with van der Waals surface area (Å²) in [6.45, 7) is 4.11. The van der Waals surface area contributed by atoms with Crippen LogP contribution in [0.1, 0.15) is 33.9 Å².